The Morgan fingerprint density at radius 2 is 2.08 bits per heavy atom. The van der Waals surface area contributed by atoms with Crippen LogP contribution < -0.4 is 5.32 Å². The summed E-state index contributed by atoms with van der Waals surface area (Å²) in [4.78, 5) is 29.7. The summed E-state index contributed by atoms with van der Waals surface area (Å²) in [5.74, 6) is -2.10. The minimum Gasteiger partial charge on any atom is -0.325 e. The van der Waals surface area contributed by atoms with Gasteiger partial charge >= 0.3 is 0 Å². The Hall–Kier alpha value is -2.52. The highest BCUT2D eigenvalue weighted by molar-refractivity contribution is 7.12. The molecule has 1 aliphatic rings. The van der Waals surface area contributed by atoms with Gasteiger partial charge in [-0.2, -0.15) is 5.26 Å². The quantitative estimate of drug-likeness (QED) is 0.644. The van der Waals surface area contributed by atoms with E-state index >= 15 is 0 Å². The highest BCUT2D eigenvalue weighted by atomic mass is 32.1. The van der Waals surface area contributed by atoms with Crippen molar-refractivity contribution in [2.45, 2.75) is 32.1 Å². The lowest BCUT2D eigenvalue weighted by Gasteiger charge is -2.10. The molecule has 1 fully saturated rings. The maximum Gasteiger partial charge on any atom is 0.249 e. The number of hydrogen-bond donors (Lipinski definition) is 1. The Morgan fingerprint density at radius 1 is 1.38 bits per heavy atom. The van der Waals surface area contributed by atoms with E-state index in [4.69, 9.17) is 0 Å². The van der Waals surface area contributed by atoms with Crippen LogP contribution in [0.25, 0.3) is 0 Å². The van der Waals surface area contributed by atoms with Crippen molar-refractivity contribution >= 4 is 28.7 Å². The van der Waals surface area contributed by atoms with Gasteiger partial charge in [-0.05, 0) is 37.0 Å². The Morgan fingerprint density at radius 3 is 2.67 bits per heavy atom. The third kappa shape index (κ3) is 3.36. The Bertz CT molecular complexity index is 800. The lowest BCUT2D eigenvalue weighted by atomic mass is 10.0. The molecule has 122 valence electrons. The monoisotopic (exact) mass is 339 g/mol. The zero-order valence-electron chi connectivity index (χ0n) is 13.3. The number of benzene rings is 1. The van der Waals surface area contributed by atoms with Crippen LogP contribution in [0.1, 0.15) is 46.6 Å². The number of thiazole rings is 1. The van der Waals surface area contributed by atoms with Crippen molar-refractivity contribution in [1.29, 1.82) is 5.26 Å². The first-order chi connectivity index (χ1) is 11.6. The van der Waals surface area contributed by atoms with Crippen LogP contribution in [0.3, 0.4) is 0 Å². The summed E-state index contributed by atoms with van der Waals surface area (Å²) >= 11 is 1.21. The van der Waals surface area contributed by atoms with Gasteiger partial charge in [-0.15, -0.1) is 11.3 Å². The van der Waals surface area contributed by atoms with Crippen molar-refractivity contribution in [2.24, 2.45) is 5.92 Å². The number of anilines is 1. The SMILES string of the molecule is CCc1ccc(NC(=O)[C@H](C#N)C(=O)c2scnc2C2CC2)cc1. The van der Waals surface area contributed by atoms with E-state index in [2.05, 4.69) is 10.3 Å². The number of ketones is 1. The van der Waals surface area contributed by atoms with Gasteiger partial charge in [0.1, 0.15) is 0 Å². The number of carbonyl (C=O) groups excluding carboxylic acids is 2. The van der Waals surface area contributed by atoms with E-state index in [1.165, 1.54) is 11.3 Å². The fourth-order valence-corrected chi connectivity index (χ4v) is 3.34. The Balaban J connectivity index is 1.74. The van der Waals surface area contributed by atoms with Gasteiger partial charge in [-0.1, -0.05) is 19.1 Å². The zero-order valence-corrected chi connectivity index (χ0v) is 14.1. The predicted molar refractivity (Wildman–Crippen MR) is 92.0 cm³/mol. The van der Waals surface area contributed by atoms with Gasteiger partial charge in [0.25, 0.3) is 0 Å². The fourth-order valence-electron chi connectivity index (χ4n) is 2.49. The number of nitrogens with zero attached hydrogens (tertiary/aromatic N) is 2. The summed E-state index contributed by atoms with van der Waals surface area (Å²) in [6.45, 7) is 2.05. The van der Waals surface area contributed by atoms with Crippen LogP contribution in [0.15, 0.2) is 29.8 Å². The smallest absolute Gasteiger partial charge is 0.249 e. The molecule has 1 saturated carbocycles. The Kier molecular flexibility index (Phi) is 4.72. The van der Waals surface area contributed by atoms with Crippen molar-refractivity contribution in [2.75, 3.05) is 5.32 Å². The number of Topliss-reactive ketones (excluding diaryl/α,β-unsaturated/α-hetero) is 1. The largest absolute Gasteiger partial charge is 0.325 e. The Labute approximate surface area is 144 Å². The van der Waals surface area contributed by atoms with Crippen molar-refractivity contribution in [3.05, 3.63) is 45.9 Å². The van der Waals surface area contributed by atoms with E-state index in [1.807, 2.05) is 25.1 Å². The molecule has 1 amide bonds. The van der Waals surface area contributed by atoms with Gasteiger partial charge in [0.15, 0.2) is 5.92 Å². The van der Waals surface area contributed by atoms with Gasteiger partial charge in [0.05, 0.1) is 22.2 Å². The van der Waals surface area contributed by atoms with Crippen LogP contribution in [-0.2, 0) is 11.2 Å². The average Bonchev–Trinajstić information content (AvgIpc) is 3.32. The van der Waals surface area contributed by atoms with Gasteiger partial charge in [0, 0.05) is 11.6 Å². The van der Waals surface area contributed by atoms with Gasteiger partial charge in [0.2, 0.25) is 11.7 Å². The van der Waals surface area contributed by atoms with Crippen LogP contribution in [0.4, 0.5) is 5.69 Å². The number of carbonyl (C=O) groups is 2. The average molecular weight is 339 g/mol. The molecule has 1 aliphatic carbocycles. The van der Waals surface area contributed by atoms with Crippen LogP contribution in [0.5, 0.6) is 0 Å². The molecule has 0 aliphatic heterocycles. The summed E-state index contributed by atoms with van der Waals surface area (Å²) in [5.41, 5.74) is 4.08. The third-order valence-corrected chi connectivity index (χ3v) is 4.92. The molecule has 0 saturated heterocycles. The lowest BCUT2D eigenvalue weighted by Crippen LogP contribution is -2.28. The van der Waals surface area contributed by atoms with Crippen molar-refractivity contribution in [3.63, 3.8) is 0 Å². The molecule has 1 aromatic carbocycles. The molecule has 2 aromatic rings. The third-order valence-electron chi connectivity index (χ3n) is 4.07. The standard InChI is InChI=1S/C18H17N3O2S/c1-2-11-3-7-13(8-4-11)21-18(23)14(9-19)16(22)17-15(12-5-6-12)20-10-24-17/h3-4,7-8,10,12,14H,2,5-6H2,1H3,(H,21,23)/t14-/m1/s1. The lowest BCUT2D eigenvalue weighted by molar-refractivity contribution is -0.117. The zero-order chi connectivity index (χ0) is 17.1. The molecular weight excluding hydrogens is 322 g/mol. The maximum absolute atomic E-state index is 12.6. The minimum atomic E-state index is -1.35. The molecule has 0 bridgehead atoms. The number of aryl methyl sites for hydroxylation is 1. The summed E-state index contributed by atoms with van der Waals surface area (Å²) in [6, 6.07) is 9.21. The van der Waals surface area contributed by atoms with Crippen LogP contribution in [0, 0.1) is 17.2 Å². The summed E-state index contributed by atoms with van der Waals surface area (Å²) in [6.07, 6.45) is 2.93. The van der Waals surface area contributed by atoms with Crippen molar-refractivity contribution in [3.8, 4) is 6.07 Å². The molecule has 0 spiro atoms. The van der Waals surface area contributed by atoms with Crippen molar-refractivity contribution in [1.82, 2.24) is 4.98 Å². The van der Waals surface area contributed by atoms with Gasteiger partial charge < -0.3 is 5.32 Å². The number of aromatic nitrogens is 1. The second-order valence-corrected chi connectivity index (χ2v) is 6.66. The molecule has 0 unspecified atom stereocenters. The molecule has 6 heteroatoms. The van der Waals surface area contributed by atoms with E-state index in [9.17, 15) is 14.9 Å². The number of nitriles is 1. The topological polar surface area (TPSA) is 82.9 Å². The first-order valence-electron chi connectivity index (χ1n) is 7.91. The molecular formula is C18H17N3O2S. The molecule has 1 atom stereocenters. The van der Waals surface area contributed by atoms with Crippen LogP contribution in [-0.4, -0.2) is 16.7 Å². The molecule has 1 heterocycles. The summed E-state index contributed by atoms with van der Waals surface area (Å²) in [7, 11) is 0. The van der Waals surface area contributed by atoms with E-state index in [-0.39, 0.29) is 0 Å². The number of rotatable bonds is 6. The molecule has 5 nitrogen and oxygen atoms in total. The molecule has 0 radical (unpaired) electrons. The molecule has 1 aromatic heterocycles. The van der Waals surface area contributed by atoms with Crippen molar-refractivity contribution < 1.29 is 9.59 Å². The number of nitrogens with one attached hydrogen (secondary N) is 1. The molecule has 24 heavy (non-hydrogen) atoms. The normalized spacial score (nSPS) is 14.7. The summed E-state index contributed by atoms with van der Waals surface area (Å²) in [5, 5.41) is 12.0. The highest BCUT2D eigenvalue weighted by Gasteiger charge is 2.35. The van der Waals surface area contributed by atoms with E-state index in [0.717, 1.165) is 30.5 Å². The highest BCUT2D eigenvalue weighted by Crippen LogP contribution is 2.42. The molecule has 1 N–H and O–H groups in total. The first kappa shape index (κ1) is 16.3. The number of amides is 1. The number of hydrogen-bond acceptors (Lipinski definition) is 5. The van der Waals surface area contributed by atoms with Crippen LogP contribution in [0.2, 0.25) is 0 Å². The first-order valence-corrected chi connectivity index (χ1v) is 8.79. The second kappa shape index (κ2) is 6.93. The minimum absolute atomic E-state index is 0.305. The van der Waals surface area contributed by atoms with Gasteiger partial charge in [-0.3, -0.25) is 9.59 Å². The summed E-state index contributed by atoms with van der Waals surface area (Å²) < 4.78 is 0. The van der Waals surface area contributed by atoms with E-state index in [1.54, 1.807) is 17.6 Å². The van der Waals surface area contributed by atoms with Gasteiger partial charge in [-0.25, -0.2) is 4.98 Å². The van der Waals surface area contributed by atoms with E-state index in [0.29, 0.717) is 16.5 Å². The second-order valence-electron chi connectivity index (χ2n) is 5.81. The van der Waals surface area contributed by atoms with E-state index < -0.39 is 17.6 Å². The molecule has 3 rings (SSSR count). The predicted octanol–water partition coefficient (Wildman–Crippen LogP) is 3.54. The maximum atomic E-state index is 12.6. The van der Waals surface area contributed by atoms with Crippen LogP contribution >= 0.6 is 11.3 Å². The fraction of sp³-hybridized carbons (Fsp3) is 0.333.